The van der Waals surface area contributed by atoms with Crippen molar-refractivity contribution < 1.29 is 5.11 Å². The molecule has 0 aliphatic carbocycles. The van der Waals surface area contributed by atoms with E-state index in [1.54, 1.807) is 12.5 Å². The zero-order valence-electron chi connectivity index (χ0n) is 12.5. The minimum atomic E-state index is 0.173. The quantitative estimate of drug-likeness (QED) is 0.842. The minimum Gasteiger partial charge on any atom is -0.394 e. The molecule has 22 heavy (non-hydrogen) atoms. The first-order valence-corrected chi connectivity index (χ1v) is 7.70. The van der Waals surface area contributed by atoms with Crippen molar-refractivity contribution in [3.8, 4) is 0 Å². The van der Waals surface area contributed by atoms with Crippen LogP contribution in [-0.4, -0.2) is 45.8 Å². The fourth-order valence-corrected chi connectivity index (χ4v) is 2.79. The lowest BCUT2D eigenvalue weighted by molar-refractivity contribution is 0.266. The van der Waals surface area contributed by atoms with Crippen molar-refractivity contribution in [2.45, 2.75) is 25.3 Å². The van der Waals surface area contributed by atoms with Crippen LogP contribution in [0.3, 0.4) is 0 Å². The third kappa shape index (κ3) is 3.51. The van der Waals surface area contributed by atoms with E-state index in [0.717, 1.165) is 49.7 Å². The molecular weight excluding hydrogens is 278 g/mol. The highest BCUT2D eigenvalue weighted by atomic mass is 16.3. The van der Waals surface area contributed by atoms with Crippen LogP contribution in [0.2, 0.25) is 0 Å². The molecule has 3 rings (SSSR count). The summed E-state index contributed by atoms with van der Waals surface area (Å²) in [5.41, 5.74) is 1.06. The summed E-state index contributed by atoms with van der Waals surface area (Å²) in [4.78, 5) is 15.1. The second-order valence-corrected chi connectivity index (χ2v) is 5.43. The normalized spacial score (nSPS) is 17.7. The maximum Gasteiger partial charge on any atom is 0.134 e. The summed E-state index contributed by atoms with van der Waals surface area (Å²) in [6, 6.07) is 8.06. The standard InChI is InChI=1S/C16H21N5O/c22-11-14-5-3-9-21(14)16-10-15(19-12-20-16)18-8-6-13-4-1-2-7-17-13/h1-2,4,7,10,12,14,22H,3,5-6,8-9,11H2,(H,18,19,20). The third-order valence-corrected chi connectivity index (χ3v) is 3.95. The molecule has 2 aromatic heterocycles. The van der Waals surface area contributed by atoms with Crippen molar-refractivity contribution in [1.29, 1.82) is 0 Å². The molecule has 1 aliphatic heterocycles. The molecule has 0 radical (unpaired) electrons. The Morgan fingerprint density at radius 3 is 3.05 bits per heavy atom. The first kappa shape index (κ1) is 14.7. The number of nitrogens with zero attached hydrogens (tertiary/aromatic N) is 4. The summed E-state index contributed by atoms with van der Waals surface area (Å²) in [6.07, 6.45) is 6.34. The van der Waals surface area contributed by atoms with E-state index in [0.29, 0.717) is 0 Å². The summed E-state index contributed by atoms with van der Waals surface area (Å²) in [7, 11) is 0. The Kier molecular flexibility index (Phi) is 4.80. The van der Waals surface area contributed by atoms with Gasteiger partial charge in [0.05, 0.1) is 12.6 Å². The number of hydrogen-bond donors (Lipinski definition) is 2. The largest absolute Gasteiger partial charge is 0.394 e. The van der Waals surface area contributed by atoms with E-state index in [1.165, 1.54) is 0 Å². The first-order valence-electron chi connectivity index (χ1n) is 7.70. The van der Waals surface area contributed by atoms with Gasteiger partial charge in [0.15, 0.2) is 0 Å². The summed E-state index contributed by atoms with van der Waals surface area (Å²) in [5.74, 6) is 1.69. The van der Waals surface area contributed by atoms with Crippen LogP contribution in [0.1, 0.15) is 18.5 Å². The predicted octanol–water partition coefficient (Wildman–Crippen LogP) is 1.49. The molecule has 1 aliphatic rings. The lowest BCUT2D eigenvalue weighted by Crippen LogP contribution is -2.32. The Balaban J connectivity index is 1.59. The maximum absolute atomic E-state index is 9.43. The lowest BCUT2D eigenvalue weighted by Gasteiger charge is -2.24. The Labute approximate surface area is 130 Å². The topological polar surface area (TPSA) is 74.2 Å². The van der Waals surface area contributed by atoms with Crippen molar-refractivity contribution >= 4 is 11.6 Å². The van der Waals surface area contributed by atoms with E-state index in [9.17, 15) is 5.11 Å². The molecule has 0 saturated carbocycles. The van der Waals surface area contributed by atoms with Gasteiger partial charge in [0.25, 0.3) is 0 Å². The van der Waals surface area contributed by atoms with E-state index in [2.05, 4.69) is 25.2 Å². The van der Waals surface area contributed by atoms with Gasteiger partial charge in [-0.3, -0.25) is 4.98 Å². The van der Waals surface area contributed by atoms with Gasteiger partial charge in [-0.05, 0) is 25.0 Å². The SMILES string of the molecule is OCC1CCCN1c1cc(NCCc2ccccn2)ncn1. The van der Waals surface area contributed by atoms with Crippen LogP contribution in [0.15, 0.2) is 36.8 Å². The van der Waals surface area contributed by atoms with Gasteiger partial charge in [0, 0.05) is 37.5 Å². The van der Waals surface area contributed by atoms with Crippen molar-refractivity contribution in [2.75, 3.05) is 29.9 Å². The van der Waals surface area contributed by atoms with E-state index in [-0.39, 0.29) is 12.6 Å². The number of anilines is 2. The van der Waals surface area contributed by atoms with Crippen LogP contribution in [0.25, 0.3) is 0 Å². The second kappa shape index (κ2) is 7.17. The molecule has 1 atom stereocenters. The number of nitrogens with one attached hydrogen (secondary N) is 1. The molecule has 0 bridgehead atoms. The molecule has 0 aromatic carbocycles. The number of aliphatic hydroxyl groups is 1. The summed E-state index contributed by atoms with van der Waals surface area (Å²) in [5, 5.41) is 12.7. The Hall–Kier alpha value is -2.21. The van der Waals surface area contributed by atoms with E-state index >= 15 is 0 Å². The average Bonchev–Trinajstić information content (AvgIpc) is 3.05. The molecule has 0 spiro atoms. The molecule has 1 saturated heterocycles. The fourth-order valence-electron chi connectivity index (χ4n) is 2.79. The second-order valence-electron chi connectivity index (χ2n) is 5.43. The zero-order valence-corrected chi connectivity index (χ0v) is 12.5. The zero-order chi connectivity index (χ0) is 15.2. The maximum atomic E-state index is 9.43. The van der Waals surface area contributed by atoms with Crippen molar-refractivity contribution in [2.24, 2.45) is 0 Å². The molecule has 3 heterocycles. The van der Waals surface area contributed by atoms with Gasteiger partial charge >= 0.3 is 0 Å². The summed E-state index contributed by atoms with van der Waals surface area (Å²) in [6.45, 7) is 1.89. The van der Waals surface area contributed by atoms with Gasteiger partial charge in [-0.2, -0.15) is 0 Å². The van der Waals surface area contributed by atoms with E-state index < -0.39 is 0 Å². The van der Waals surface area contributed by atoms with Gasteiger partial charge in [0.2, 0.25) is 0 Å². The smallest absolute Gasteiger partial charge is 0.134 e. The molecular formula is C16H21N5O. The van der Waals surface area contributed by atoms with Crippen LogP contribution >= 0.6 is 0 Å². The number of rotatable bonds is 6. The van der Waals surface area contributed by atoms with Crippen LogP contribution in [0, 0.1) is 0 Å². The highest BCUT2D eigenvalue weighted by Crippen LogP contribution is 2.24. The summed E-state index contributed by atoms with van der Waals surface area (Å²) >= 11 is 0. The molecule has 116 valence electrons. The number of pyridine rings is 1. The van der Waals surface area contributed by atoms with Gasteiger partial charge in [-0.1, -0.05) is 6.07 Å². The molecule has 0 amide bonds. The Bertz CT molecular complexity index is 592. The number of aromatic nitrogens is 3. The molecule has 6 heteroatoms. The van der Waals surface area contributed by atoms with Crippen LogP contribution in [-0.2, 0) is 6.42 Å². The molecule has 2 aromatic rings. The van der Waals surface area contributed by atoms with E-state index in [4.69, 9.17) is 0 Å². The molecule has 2 N–H and O–H groups in total. The number of hydrogen-bond acceptors (Lipinski definition) is 6. The van der Waals surface area contributed by atoms with Crippen molar-refractivity contribution in [3.63, 3.8) is 0 Å². The lowest BCUT2D eigenvalue weighted by atomic mass is 10.2. The predicted molar refractivity (Wildman–Crippen MR) is 85.9 cm³/mol. The average molecular weight is 299 g/mol. The fraction of sp³-hybridized carbons (Fsp3) is 0.438. The van der Waals surface area contributed by atoms with Gasteiger partial charge < -0.3 is 15.3 Å². The minimum absolute atomic E-state index is 0.173. The molecule has 1 unspecified atom stereocenters. The van der Waals surface area contributed by atoms with Gasteiger partial charge in [-0.25, -0.2) is 9.97 Å². The Morgan fingerprint density at radius 1 is 1.27 bits per heavy atom. The molecule has 6 nitrogen and oxygen atoms in total. The van der Waals surface area contributed by atoms with Crippen molar-refractivity contribution in [1.82, 2.24) is 15.0 Å². The highest BCUT2D eigenvalue weighted by molar-refractivity contribution is 5.49. The number of aliphatic hydroxyl groups excluding tert-OH is 1. The third-order valence-electron chi connectivity index (χ3n) is 3.95. The monoisotopic (exact) mass is 299 g/mol. The van der Waals surface area contributed by atoms with Crippen molar-refractivity contribution in [3.05, 3.63) is 42.5 Å². The molecule has 1 fully saturated rings. The van der Waals surface area contributed by atoms with E-state index in [1.807, 2.05) is 24.3 Å². The summed E-state index contributed by atoms with van der Waals surface area (Å²) < 4.78 is 0. The van der Waals surface area contributed by atoms with Gasteiger partial charge in [-0.15, -0.1) is 0 Å². The van der Waals surface area contributed by atoms with Crippen LogP contribution in [0.5, 0.6) is 0 Å². The highest BCUT2D eigenvalue weighted by Gasteiger charge is 2.25. The Morgan fingerprint density at radius 2 is 2.23 bits per heavy atom. The van der Waals surface area contributed by atoms with Crippen LogP contribution in [0.4, 0.5) is 11.6 Å². The van der Waals surface area contributed by atoms with Crippen LogP contribution < -0.4 is 10.2 Å². The first-order chi connectivity index (χ1) is 10.9. The van der Waals surface area contributed by atoms with Gasteiger partial charge in [0.1, 0.15) is 18.0 Å².